The molecule has 0 unspecified atom stereocenters. The topological polar surface area (TPSA) is 109 Å². The number of fused-ring (bicyclic) bond motifs is 1. The molecule has 0 fully saturated rings. The molecule has 2 aromatic rings. The van der Waals surface area contributed by atoms with Gasteiger partial charge in [-0.15, -0.1) is 0 Å². The molecule has 9 nitrogen and oxygen atoms in total. The Bertz CT molecular complexity index is 922. The Balaban J connectivity index is 2.18. The molecule has 1 heterocycles. The third-order valence-corrected chi connectivity index (χ3v) is 4.35. The number of amides is 1. The number of carbonyl (C=O) groups is 2. The molecule has 0 radical (unpaired) electrons. The Kier molecular flexibility index (Phi) is 6.97. The molecule has 1 N–H and O–H groups in total. The summed E-state index contributed by atoms with van der Waals surface area (Å²) in [6, 6.07) is 2.45. The van der Waals surface area contributed by atoms with Crippen molar-refractivity contribution < 1.29 is 23.8 Å². The molecular formula is C19H25N3O6. The van der Waals surface area contributed by atoms with E-state index in [0.717, 1.165) is 0 Å². The fraction of sp³-hybridized carbons (Fsp3) is 0.474. The van der Waals surface area contributed by atoms with Crippen molar-refractivity contribution in [1.29, 1.82) is 0 Å². The molecule has 9 heteroatoms. The van der Waals surface area contributed by atoms with Gasteiger partial charge in [0.25, 0.3) is 5.56 Å². The second-order valence-electron chi connectivity index (χ2n) is 6.53. The third-order valence-electron chi connectivity index (χ3n) is 4.35. The van der Waals surface area contributed by atoms with E-state index in [1.165, 1.54) is 32.2 Å². The van der Waals surface area contributed by atoms with Crippen LogP contribution in [0, 0.1) is 5.92 Å². The lowest BCUT2D eigenvalue weighted by atomic mass is 10.0. The lowest BCUT2D eigenvalue weighted by molar-refractivity contribution is -0.146. The molecule has 0 spiro atoms. The molecule has 0 aliphatic rings. The van der Waals surface area contributed by atoms with Gasteiger partial charge in [-0.3, -0.25) is 14.2 Å². The first-order valence-corrected chi connectivity index (χ1v) is 8.80. The van der Waals surface area contributed by atoms with Crippen LogP contribution in [0.4, 0.5) is 0 Å². The predicted octanol–water partition coefficient (Wildman–Crippen LogP) is 1.12. The van der Waals surface area contributed by atoms with Crippen LogP contribution in [-0.2, 0) is 20.9 Å². The Morgan fingerprint density at radius 2 is 1.79 bits per heavy atom. The minimum Gasteiger partial charge on any atom is -0.493 e. The lowest BCUT2D eigenvalue weighted by Crippen LogP contribution is -2.45. The summed E-state index contributed by atoms with van der Waals surface area (Å²) >= 11 is 0. The van der Waals surface area contributed by atoms with Crippen molar-refractivity contribution >= 4 is 22.8 Å². The van der Waals surface area contributed by atoms with E-state index in [0.29, 0.717) is 22.4 Å². The number of benzene rings is 1. The van der Waals surface area contributed by atoms with Gasteiger partial charge in [-0.25, -0.2) is 9.78 Å². The molecule has 1 aromatic heterocycles. The molecule has 0 bridgehead atoms. The summed E-state index contributed by atoms with van der Waals surface area (Å²) in [5, 5.41) is 3.00. The van der Waals surface area contributed by atoms with Crippen molar-refractivity contribution in [3.8, 4) is 11.5 Å². The molecule has 0 saturated heterocycles. The van der Waals surface area contributed by atoms with Gasteiger partial charge in [0.2, 0.25) is 5.91 Å². The van der Waals surface area contributed by atoms with Gasteiger partial charge in [0, 0.05) is 19.0 Å². The molecule has 1 aromatic carbocycles. The van der Waals surface area contributed by atoms with E-state index in [1.54, 1.807) is 26.0 Å². The second-order valence-corrected chi connectivity index (χ2v) is 6.53. The zero-order chi connectivity index (χ0) is 20.8. The highest BCUT2D eigenvalue weighted by molar-refractivity contribution is 5.84. The molecule has 152 valence electrons. The van der Waals surface area contributed by atoms with Gasteiger partial charge < -0.3 is 19.5 Å². The van der Waals surface area contributed by atoms with Crippen molar-refractivity contribution in [1.82, 2.24) is 14.9 Å². The highest BCUT2D eigenvalue weighted by Gasteiger charge is 2.24. The standard InChI is InChI=1S/C19H25N3O6/c1-11(2)17(19(25)28-5)21-16(23)6-7-22-10-20-13-9-15(27-4)14(26-3)8-12(13)18(22)24/h8-11,17H,6-7H2,1-5H3,(H,21,23)/t17-/m1/s1. The molecule has 0 aliphatic carbocycles. The molecular weight excluding hydrogens is 366 g/mol. The molecule has 2 rings (SSSR count). The average Bonchev–Trinajstić information content (AvgIpc) is 2.69. The monoisotopic (exact) mass is 391 g/mol. The van der Waals surface area contributed by atoms with Gasteiger partial charge in [0.1, 0.15) is 6.04 Å². The fourth-order valence-electron chi connectivity index (χ4n) is 2.74. The molecule has 28 heavy (non-hydrogen) atoms. The number of methoxy groups -OCH3 is 3. The van der Waals surface area contributed by atoms with Crippen LogP contribution >= 0.6 is 0 Å². The quantitative estimate of drug-likeness (QED) is 0.672. The number of hydrogen-bond donors (Lipinski definition) is 1. The van der Waals surface area contributed by atoms with E-state index >= 15 is 0 Å². The number of aryl methyl sites for hydroxylation is 1. The first-order valence-electron chi connectivity index (χ1n) is 8.80. The van der Waals surface area contributed by atoms with Crippen molar-refractivity contribution in [3.63, 3.8) is 0 Å². The Hall–Kier alpha value is -3.10. The maximum Gasteiger partial charge on any atom is 0.328 e. The van der Waals surface area contributed by atoms with Crippen LogP contribution < -0.4 is 20.3 Å². The molecule has 0 aliphatic heterocycles. The van der Waals surface area contributed by atoms with Gasteiger partial charge in [-0.1, -0.05) is 13.8 Å². The Morgan fingerprint density at radius 3 is 2.36 bits per heavy atom. The SMILES string of the molecule is COC(=O)[C@H](NC(=O)CCn1cnc2cc(OC)c(OC)cc2c1=O)C(C)C. The minimum atomic E-state index is -0.735. The summed E-state index contributed by atoms with van der Waals surface area (Å²) in [5.41, 5.74) is 0.168. The molecule has 1 amide bonds. The number of rotatable bonds is 8. The number of esters is 1. The van der Waals surface area contributed by atoms with Gasteiger partial charge in [-0.05, 0) is 12.0 Å². The highest BCUT2D eigenvalue weighted by Crippen LogP contribution is 2.29. The fourth-order valence-corrected chi connectivity index (χ4v) is 2.74. The number of hydrogen-bond acceptors (Lipinski definition) is 7. The van der Waals surface area contributed by atoms with Crippen LogP contribution in [0.3, 0.4) is 0 Å². The smallest absolute Gasteiger partial charge is 0.328 e. The van der Waals surface area contributed by atoms with Crippen LogP contribution in [0.2, 0.25) is 0 Å². The van der Waals surface area contributed by atoms with Crippen LogP contribution in [0.15, 0.2) is 23.3 Å². The van der Waals surface area contributed by atoms with Gasteiger partial charge in [0.05, 0.1) is 38.6 Å². The normalized spacial score (nSPS) is 11.9. The molecule has 0 saturated carbocycles. The van der Waals surface area contributed by atoms with Crippen LogP contribution in [0.1, 0.15) is 20.3 Å². The minimum absolute atomic E-state index is 0.0145. The lowest BCUT2D eigenvalue weighted by Gasteiger charge is -2.19. The number of nitrogens with one attached hydrogen (secondary N) is 1. The van der Waals surface area contributed by atoms with Crippen molar-refractivity contribution in [2.75, 3.05) is 21.3 Å². The average molecular weight is 391 g/mol. The largest absolute Gasteiger partial charge is 0.493 e. The van der Waals surface area contributed by atoms with Crippen molar-refractivity contribution in [2.45, 2.75) is 32.9 Å². The first kappa shape index (κ1) is 21.2. The third kappa shape index (κ3) is 4.59. The van der Waals surface area contributed by atoms with E-state index in [4.69, 9.17) is 14.2 Å². The van der Waals surface area contributed by atoms with E-state index in [-0.39, 0.29) is 30.3 Å². The number of ether oxygens (including phenoxy) is 3. The zero-order valence-electron chi connectivity index (χ0n) is 16.6. The highest BCUT2D eigenvalue weighted by atomic mass is 16.5. The van der Waals surface area contributed by atoms with Crippen LogP contribution in [0.25, 0.3) is 10.9 Å². The van der Waals surface area contributed by atoms with Crippen molar-refractivity contribution in [2.24, 2.45) is 5.92 Å². The Labute approximate surface area is 162 Å². The van der Waals surface area contributed by atoms with E-state index < -0.39 is 12.0 Å². The zero-order valence-corrected chi connectivity index (χ0v) is 16.6. The predicted molar refractivity (Wildman–Crippen MR) is 103 cm³/mol. The van der Waals surface area contributed by atoms with Crippen LogP contribution in [-0.4, -0.2) is 48.8 Å². The summed E-state index contributed by atoms with van der Waals surface area (Å²) in [5.74, 6) is -0.0925. The summed E-state index contributed by atoms with van der Waals surface area (Å²) in [4.78, 5) is 40.9. The summed E-state index contributed by atoms with van der Waals surface area (Å²) in [6.07, 6.45) is 1.39. The Morgan fingerprint density at radius 1 is 1.14 bits per heavy atom. The maximum atomic E-state index is 12.7. The van der Waals surface area contributed by atoms with Gasteiger partial charge in [-0.2, -0.15) is 0 Å². The van der Waals surface area contributed by atoms with Crippen molar-refractivity contribution in [3.05, 3.63) is 28.8 Å². The summed E-state index contributed by atoms with van der Waals surface area (Å²) < 4.78 is 16.5. The van der Waals surface area contributed by atoms with Crippen LogP contribution in [0.5, 0.6) is 11.5 Å². The summed E-state index contributed by atoms with van der Waals surface area (Å²) in [6.45, 7) is 3.73. The second kappa shape index (κ2) is 9.20. The maximum absolute atomic E-state index is 12.7. The van der Waals surface area contributed by atoms with E-state index in [2.05, 4.69) is 10.3 Å². The number of carbonyl (C=O) groups excluding carboxylic acids is 2. The van der Waals surface area contributed by atoms with E-state index in [1.807, 2.05) is 0 Å². The number of nitrogens with zero attached hydrogens (tertiary/aromatic N) is 2. The van der Waals surface area contributed by atoms with Gasteiger partial charge >= 0.3 is 5.97 Å². The summed E-state index contributed by atoms with van der Waals surface area (Å²) in [7, 11) is 4.26. The number of aromatic nitrogens is 2. The first-order chi connectivity index (χ1) is 13.3. The van der Waals surface area contributed by atoms with Gasteiger partial charge in [0.15, 0.2) is 11.5 Å². The van der Waals surface area contributed by atoms with E-state index in [9.17, 15) is 14.4 Å². The molecule has 1 atom stereocenters.